The largest absolute Gasteiger partial charge is 0.495 e. The van der Waals surface area contributed by atoms with E-state index in [0.29, 0.717) is 23.4 Å². The molecule has 1 atom stereocenters. The lowest BCUT2D eigenvalue weighted by Crippen LogP contribution is -2.50. The summed E-state index contributed by atoms with van der Waals surface area (Å²) in [6.45, 7) is 7.67. The van der Waals surface area contributed by atoms with Crippen LogP contribution >= 0.6 is 11.5 Å². The molecule has 39 heavy (non-hydrogen) atoms. The summed E-state index contributed by atoms with van der Waals surface area (Å²) in [7, 11) is 1.49. The van der Waals surface area contributed by atoms with E-state index in [1.165, 1.54) is 12.0 Å². The van der Waals surface area contributed by atoms with Gasteiger partial charge < -0.3 is 26.5 Å². The van der Waals surface area contributed by atoms with E-state index in [1.807, 2.05) is 58.0 Å². The molecule has 204 valence electrons. The Bertz CT molecular complexity index is 1560. The standard InChI is InChI=1S/C28H32N6O4S/c1-6-28(3,4)32-26(36)23(17-14-31-18-10-8-7-9-16(17)18)34(19-13-15(2)11-12-20(19)38-5)27(37)24-21(29)22(25(30)35)33-39-24/h7-14,23,31H,6,29H2,1-5H3,(H2,30,35)(H,32,36)/t23-/m1/s1. The average molecular weight is 549 g/mol. The van der Waals surface area contributed by atoms with Crippen molar-refractivity contribution in [1.82, 2.24) is 14.7 Å². The second kappa shape index (κ2) is 10.8. The van der Waals surface area contributed by atoms with Crippen molar-refractivity contribution in [3.05, 3.63) is 70.4 Å². The van der Waals surface area contributed by atoms with Crippen LogP contribution in [0.5, 0.6) is 5.75 Å². The van der Waals surface area contributed by atoms with E-state index in [4.69, 9.17) is 16.2 Å². The Morgan fingerprint density at radius 2 is 1.92 bits per heavy atom. The van der Waals surface area contributed by atoms with Gasteiger partial charge in [0.15, 0.2) is 5.69 Å². The van der Waals surface area contributed by atoms with Gasteiger partial charge in [-0.15, -0.1) is 0 Å². The summed E-state index contributed by atoms with van der Waals surface area (Å²) in [5, 5.41) is 3.87. The molecule has 0 bridgehead atoms. The molecule has 0 aliphatic heterocycles. The molecule has 0 fully saturated rings. The third kappa shape index (κ3) is 5.30. The van der Waals surface area contributed by atoms with E-state index in [1.54, 1.807) is 18.3 Å². The van der Waals surface area contributed by atoms with Gasteiger partial charge >= 0.3 is 0 Å². The number of hydrogen-bond donors (Lipinski definition) is 4. The summed E-state index contributed by atoms with van der Waals surface area (Å²) in [4.78, 5) is 45.1. The number of H-pyrrole nitrogens is 1. The summed E-state index contributed by atoms with van der Waals surface area (Å²) < 4.78 is 9.67. The number of hydrogen-bond acceptors (Lipinski definition) is 7. The molecule has 3 amide bonds. The van der Waals surface area contributed by atoms with Crippen molar-refractivity contribution in [3.8, 4) is 5.75 Å². The van der Waals surface area contributed by atoms with E-state index in [9.17, 15) is 14.4 Å². The molecule has 0 saturated carbocycles. The van der Waals surface area contributed by atoms with E-state index in [2.05, 4.69) is 14.7 Å². The average Bonchev–Trinajstić information content (AvgIpc) is 3.50. The molecule has 0 radical (unpaired) electrons. The van der Waals surface area contributed by atoms with Crippen molar-refractivity contribution in [2.24, 2.45) is 5.73 Å². The van der Waals surface area contributed by atoms with Crippen LogP contribution in [0.25, 0.3) is 10.9 Å². The van der Waals surface area contributed by atoms with Crippen LogP contribution in [-0.2, 0) is 4.79 Å². The number of nitrogens with two attached hydrogens (primary N) is 2. The monoisotopic (exact) mass is 548 g/mol. The van der Waals surface area contributed by atoms with Gasteiger partial charge in [0.05, 0.1) is 18.5 Å². The molecule has 0 aliphatic carbocycles. The van der Waals surface area contributed by atoms with Crippen LogP contribution in [0.2, 0.25) is 0 Å². The van der Waals surface area contributed by atoms with Gasteiger partial charge in [-0.25, -0.2) is 0 Å². The highest BCUT2D eigenvalue weighted by Crippen LogP contribution is 2.40. The normalized spacial score (nSPS) is 12.2. The number of methoxy groups -OCH3 is 1. The fourth-order valence-electron chi connectivity index (χ4n) is 4.30. The summed E-state index contributed by atoms with van der Waals surface area (Å²) in [6, 6.07) is 11.7. The van der Waals surface area contributed by atoms with Crippen LogP contribution in [0, 0.1) is 6.92 Å². The number of rotatable bonds is 9. The lowest BCUT2D eigenvalue weighted by Gasteiger charge is -2.35. The van der Waals surface area contributed by atoms with Gasteiger partial charge in [0.25, 0.3) is 11.8 Å². The summed E-state index contributed by atoms with van der Waals surface area (Å²) in [5.74, 6) is -1.50. The zero-order valence-electron chi connectivity index (χ0n) is 22.5. The smallest absolute Gasteiger partial charge is 0.273 e. The predicted octanol–water partition coefficient (Wildman–Crippen LogP) is 4.32. The number of carbonyl (C=O) groups is 3. The first-order valence-electron chi connectivity index (χ1n) is 12.4. The number of nitrogens with one attached hydrogen (secondary N) is 2. The maximum absolute atomic E-state index is 14.4. The van der Waals surface area contributed by atoms with Gasteiger partial charge in [0.1, 0.15) is 16.7 Å². The number of para-hydroxylation sites is 1. The van der Waals surface area contributed by atoms with Crippen molar-refractivity contribution in [2.45, 2.75) is 45.7 Å². The molecule has 0 unspecified atom stereocenters. The van der Waals surface area contributed by atoms with Gasteiger partial charge in [-0.2, -0.15) is 4.37 Å². The van der Waals surface area contributed by atoms with Crippen LogP contribution in [0.3, 0.4) is 0 Å². The number of carbonyl (C=O) groups excluding carboxylic acids is 3. The number of aryl methyl sites for hydroxylation is 1. The minimum Gasteiger partial charge on any atom is -0.495 e. The molecule has 10 nitrogen and oxygen atoms in total. The molecule has 4 rings (SSSR count). The van der Waals surface area contributed by atoms with Crippen molar-refractivity contribution < 1.29 is 19.1 Å². The van der Waals surface area contributed by atoms with Crippen molar-refractivity contribution in [1.29, 1.82) is 0 Å². The fraction of sp³-hybridized carbons (Fsp3) is 0.286. The van der Waals surface area contributed by atoms with E-state index in [-0.39, 0.29) is 16.3 Å². The first kappa shape index (κ1) is 27.6. The maximum atomic E-state index is 14.4. The number of amides is 3. The van der Waals surface area contributed by atoms with E-state index in [0.717, 1.165) is 28.0 Å². The van der Waals surface area contributed by atoms with Crippen molar-refractivity contribution in [2.75, 3.05) is 17.7 Å². The van der Waals surface area contributed by atoms with Crippen molar-refractivity contribution in [3.63, 3.8) is 0 Å². The third-order valence-electron chi connectivity index (χ3n) is 6.74. The lowest BCUT2D eigenvalue weighted by molar-refractivity contribution is -0.124. The predicted molar refractivity (Wildman–Crippen MR) is 153 cm³/mol. The number of aromatic nitrogens is 2. The van der Waals surface area contributed by atoms with Crippen molar-refractivity contribution >= 4 is 51.5 Å². The van der Waals surface area contributed by atoms with E-state index < -0.39 is 29.3 Å². The highest BCUT2D eigenvalue weighted by Gasteiger charge is 2.39. The van der Waals surface area contributed by atoms with Gasteiger partial charge in [-0.05, 0) is 62.5 Å². The summed E-state index contributed by atoms with van der Waals surface area (Å²) in [5.41, 5.74) is 13.3. The molecule has 2 aromatic carbocycles. The summed E-state index contributed by atoms with van der Waals surface area (Å²) in [6.07, 6.45) is 2.38. The second-order valence-corrected chi connectivity index (χ2v) is 10.7. The van der Waals surface area contributed by atoms with Crippen LogP contribution in [0.15, 0.2) is 48.7 Å². The number of aromatic amines is 1. The molecule has 0 saturated heterocycles. The molecule has 0 aliphatic rings. The van der Waals surface area contributed by atoms with Gasteiger partial charge in [0, 0.05) is 28.2 Å². The Labute approximate surface area is 230 Å². The Balaban J connectivity index is 2.02. The fourth-order valence-corrected chi connectivity index (χ4v) is 5.04. The van der Waals surface area contributed by atoms with E-state index >= 15 is 0 Å². The molecule has 2 aromatic heterocycles. The molecule has 2 heterocycles. The Morgan fingerprint density at radius 1 is 1.21 bits per heavy atom. The minimum atomic E-state index is -1.14. The highest BCUT2D eigenvalue weighted by atomic mass is 32.1. The van der Waals surface area contributed by atoms with Gasteiger partial charge in [0.2, 0.25) is 5.91 Å². The number of benzene rings is 2. The molecule has 4 aromatic rings. The van der Waals surface area contributed by atoms with Gasteiger partial charge in [-0.1, -0.05) is 31.2 Å². The minimum absolute atomic E-state index is 0.0141. The molecular weight excluding hydrogens is 516 g/mol. The number of primary amides is 1. The molecule has 6 N–H and O–H groups in total. The first-order chi connectivity index (χ1) is 18.5. The number of ether oxygens (including phenoxy) is 1. The van der Waals surface area contributed by atoms with Crippen LogP contribution in [0.1, 0.15) is 64.5 Å². The zero-order valence-corrected chi connectivity index (χ0v) is 23.3. The Hall–Kier alpha value is -4.38. The van der Waals surface area contributed by atoms with Gasteiger partial charge in [-0.3, -0.25) is 19.3 Å². The SMILES string of the molecule is CCC(C)(C)NC(=O)[C@@H](c1c[nH]c2ccccc12)N(C(=O)c1snc(C(N)=O)c1N)c1cc(C)ccc1OC. The first-order valence-corrected chi connectivity index (χ1v) is 13.2. The highest BCUT2D eigenvalue weighted by molar-refractivity contribution is 7.09. The summed E-state index contributed by atoms with van der Waals surface area (Å²) >= 11 is 0.754. The maximum Gasteiger partial charge on any atom is 0.273 e. The van der Waals surface area contributed by atoms with Crippen LogP contribution in [-0.4, -0.2) is 39.7 Å². The van der Waals surface area contributed by atoms with Crippen LogP contribution in [0.4, 0.5) is 11.4 Å². The lowest BCUT2D eigenvalue weighted by atomic mass is 9.97. The Kier molecular flexibility index (Phi) is 7.64. The number of anilines is 2. The van der Waals surface area contributed by atoms with Crippen LogP contribution < -0.4 is 26.4 Å². The Morgan fingerprint density at radius 3 is 2.56 bits per heavy atom. The number of nitrogens with zero attached hydrogens (tertiary/aromatic N) is 2. The molecule has 0 spiro atoms. The second-order valence-electron chi connectivity index (χ2n) is 9.91. The zero-order chi connectivity index (χ0) is 28.5. The number of nitrogen functional groups attached to an aromatic ring is 1. The topological polar surface area (TPSA) is 156 Å². The third-order valence-corrected chi connectivity index (χ3v) is 7.59. The molecular formula is C28H32N6O4S. The molecule has 11 heteroatoms. The quantitative estimate of drug-likeness (QED) is 0.244. The number of fused-ring (bicyclic) bond motifs is 1.